The summed E-state index contributed by atoms with van der Waals surface area (Å²) < 4.78 is 2.16. The Morgan fingerprint density at radius 3 is 2.57 bits per heavy atom. The van der Waals surface area contributed by atoms with Crippen LogP contribution in [0.15, 0.2) is 18.5 Å². The van der Waals surface area contributed by atoms with Crippen LogP contribution in [-0.4, -0.2) is 20.6 Å². The lowest BCUT2D eigenvalue weighted by molar-refractivity contribution is -0.147. The van der Waals surface area contributed by atoms with Crippen LogP contribution in [0.4, 0.5) is 0 Å². The molecule has 1 aromatic carbocycles. The molecule has 0 aliphatic carbocycles. The minimum atomic E-state index is -0.721. The molecule has 0 saturated carbocycles. The van der Waals surface area contributed by atoms with Crippen molar-refractivity contribution in [2.45, 2.75) is 53.5 Å². The normalized spacial score (nSPS) is 12.0. The first-order chi connectivity index (χ1) is 9.81. The van der Waals surface area contributed by atoms with Gasteiger partial charge in [-0.3, -0.25) is 4.79 Å². The Hall–Kier alpha value is -1.84. The largest absolute Gasteiger partial charge is 0.481 e. The number of aliphatic carboxylic acids is 1. The maximum atomic E-state index is 11.1. The van der Waals surface area contributed by atoms with E-state index >= 15 is 0 Å². The number of fused-ring (bicyclic) bond motifs is 1. The van der Waals surface area contributed by atoms with Gasteiger partial charge in [0, 0.05) is 6.54 Å². The number of aryl methyl sites for hydroxylation is 3. The topological polar surface area (TPSA) is 55.1 Å². The molecule has 1 aromatic heterocycles. The molecule has 21 heavy (non-hydrogen) atoms. The van der Waals surface area contributed by atoms with E-state index in [9.17, 15) is 4.79 Å². The number of hydrogen-bond donors (Lipinski definition) is 1. The lowest BCUT2D eigenvalue weighted by atomic mass is 9.87. The molecule has 114 valence electrons. The van der Waals surface area contributed by atoms with Gasteiger partial charge in [-0.25, -0.2) is 4.98 Å². The highest BCUT2D eigenvalue weighted by atomic mass is 16.4. The second-order valence-corrected chi connectivity index (χ2v) is 6.51. The Morgan fingerprint density at radius 1 is 1.24 bits per heavy atom. The van der Waals surface area contributed by atoms with Crippen LogP contribution in [-0.2, 0) is 11.3 Å². The first-order valence-electron chi connectivity index (χ1n) is 7.47. The maximum absolute atomic E-state index is 11.1. The van der Waals surface area contributed by atoms with E-state index in [0.29, 0.717) is 6.42 Å². The molecule has 1 N–H and O–H groups in total. The SMILES string of the molecule is Cc1cc2ncn(CCCCC(C)(C)C(=O)O)c2cc1C. The van der Waals surface area contributed by atoms with Crippen LogP contribution in [0, 0.1) is 19.3 Å². The van der Waals surface area contributed by atoms with Crippen molar-refractivity contribution >= 4 is 17.0 Å². The molecule has 0 bridgehead atoms. The van der Waals surface area contributed by atoms with E-state index in [-0.39, 0.29) is 0 Å². The average molecular weight is 288 g/mol. The summed E-state index contributed by atoms with van der Waals surface area (Å²) in [4.78, 5) is 15.5. The Balaban J connectivity index is 1.98. The second kappa shape index (κ2) is 5.88. The fourth-order valence-electron chi connectivity index (χ4n) is 2.45. The Kier molecular flexibility index (Phi) is 4.35. The maximum Gasteiger partial charge on any atom is 0.309 e. The van der Waals surface area contributed by atoms with Gasteiger partial charge >= 0.3 is 5.97 Å². The smallest absolute Gasteiger partial charge is 0.309 e. The summed E-state index contributed by atoms with van der Waals surface area (Å²) in [7, 11) is 0. The van der Waals surface area contributed by atoms with Gasteiger partial charge in [-0.1, -0.05) is 6.42 Å². The molecule has 4 heteroatoms. The van der Waals surface area contributed by atoms with E-state index in [2.05, 4.69) is 35.5 Å². The van der Waals surface area contributed by atoms with Crippen LogP contribution in [0.1, 0.15) is 44.2 Å². The number of imidazole rings is 1. The molecule has 0 fully saturated rings. The molecule has 0 aliphatic rings. The van der Waals surface area contributed by atoms with E-state index in [0.717, 1.165) is 30.4 Å². The van der Waals surface area contributed by atoms with E-state index in [1.807, 2.05) is 6.33 Å². The standard InChI is InChI=1S/C17H24N2O2/c1-12-9-14-15(10-13(12)2)19(11-18-14)8-6-5-7-17(3,4)16(20)21/h9-11H,5-8H2,1-4H3,(H,20,21). The molecule has 2 aromatic rings. The molecule has 1 heterocycles. The summed E-state index contributed by atoms with van der Waals surface area (Å²) in [6, 6.07) is 4.30. The first-order valence-corrected chi connectivity index (χ1v) is 7.47. The number of hydrogen-bond acceptors (Lipinski definition) is 2. The molecule has 0 aliphatic heterocycles. The zero-order valence-corrected chi connectivity index (χ0v) is 13.3. The highest BCUT2D eigenvalue weighted by molar-refractivity contribution is 5.77. The molecule has 0 atom stereocenters. The van der Waals surface area contributed by atoms with E-state index in [1.165, 1.54) is 11.1 Å². The molecule has 0 spiro atoms. The monoisotopic (exact) mass is 288 g/mol. The van der Waals surface area contributed by atoms with Crippen molar-refractivity contribution in [1.82, 2.24) is 9.55 Å². The molecule has 4 nitrogen and oxygen atoms in total. The van der Waals surface area contributed by atoms with Crippen molar-refractivity contribution in [3.05, 3.63) is 29.6 Å². The summed E-state index contributed by atoms with van der Waals surface area (Å²) in [5.74, 6) is -0.721. The summed E-state index contributed by atoms with van der Waals surface area (Å²) in [6.45, 7) is 8.67. The predicted octanol–water partition coefficient (Wildman–Crippen LogP) is 3.93. The molecular formula is C17H24N2O2. The number of carboxylic acids is 1. The van der Waals surface area contributed by atoms with Gasteiger partial charge in [0.2, 0.25) is 0 Å². The minimum Gasteiger partial charge on any atom is -0.481 e. The number of nitrogens with zero attached hydrogens (tertiary/aromatic N) is 2. The van der Waals surface area contributed by atoms with Gasteiger partial charge in [-0.15, -0.1) is 0 Å². The number of benzene rings is 1. The van der Waals surface area contributed by atoms with Crippen molar-refractivity contribution in [1.29, 1.82) is 0 Å². The molecule has 0 saturated heterocycles. The Morgan fingerprint density at radius 2 is 1.90 bits per heavy atom. The lowest BCUT2D eigenvalue weighted by Crippen LogP contribution is -2.23. The third-order valence-electron chi connectivity index (χ3n) is 4.27. The van der Waals surface area contributed by atoms with Gasteiger partial charge in [0.15, 0.2) is 0 Å². The lowest BCUT2D eigenvalue weighted by Gasteiger charge is -2.18. The van der Waals surface area contributed by atoms with Crippen LogP contribution >= 0.6 is 0 Å². The zero-order chi connectivity index (χ0) is 15.6. The second-order valence-electron chi connectivity index (χ2n) is 6.51. The van der Waals surface area contributed by atoms with Crippen LogP contribution < -0.4 is 0 Å². The number of rotatable bonds is 6. The van der Waals surface area contributed by atoms with Crippen LogP contribution in [0.25, 0.3) is 11.0 Å². The van der Waals surface area contributed by atoms with E-state index in [4.69, 9.17) is 5.11 Å². The van der Waals surface area contributed by atoms with Crippen molar-refractivity contribution in [2.75, 3.05) is 0 Å². The predicted molar refractivity (Wildman–Crippen MR) is 84.5 cm³/mol. The first kappa shape index (κ1) is 15.5. The van der Waals surface area contributed by atoms with Gasteiger partial charge in [-0.05, 0) is 63.8 Å². The number of carboxylic acid groups (broad SMARTS) is 1. The van der Waals surface area contributed by atoms with Crippen molar-refractivity contribution in [2.24, 2.45) is 5.41 Å². The molecule has 0 radical (unpaired) electrons. The fraction of sp³-hybridized carbons (Fsp3) is 0.529. The van der Waals surface area contributed by atoms with E-state index < -0.39 is 11.4 Å². The van der Waals surface area contributed by atoms with Crippen LogP contribution in [0.3, 0.4) is 0 Å². The third kappa shape index (κ3) is 3.43. The molecular weight excluding hydrogens is 264 g/mol. The van der Waals surface area contributed by atoms with Gasteiger partial charge in [0.1, 0.15) is 0 Å². The highest BCUT2D eigenvalue weighted by Gasteiger charge is 2.25. The van der Waals surface area contributed by atoms with Crippen LogP contribution in [0.2, 0.25) is 0 Å². The fourth-order valence-corrected chi connectivity index (χ4v) is 2.45. The number of carbonyl (C=O) groups is 1. The number of aromatic nitrogens is 2. The van der Waals surface area contributed by atoms with Crippen molar-refractivity contribution in [3.63, 3.8) is 0 Å². The molecule has 0 unspecified atom stereocenters. The average Bonchev–Trinajstić information content (AvgIpc) is 2.77. The van der Waals surface area contributed by atoms with Crippen molar-refractivity contribution < 1.29 is 9.90 Å². The summed E-state index contributed by atoms with van der Waals surface area (Å²) in [5, 5.41) is 9.11. The third-order valence-corrected chi connectivity index (χ3v) is 4.27. The van der Waals surface area contributed by atoms with Gasteiger partial charge in [0.25, 0.3) is 0 Å². The summed E-state index contributed by atoms with van der Waals surface area (Å²) >= 11 is 0. The quantitative estimate of drug-likeness (QED) is 0.819. The molecule has 0 amide bonds. The Bertz CT molecular complexity index is 656. The van der Waals surface area contributed by atoms with Gasteiger partial charge in [0.05, 0.1) is 22.8 Å². The zero-order valence-electron chi connectivity index (χ0n) is 13.3. The van der Waals surface area contributed by atoms with E-state index in [1.54, 1.807) is 13.8 Å². The van der Waals surface area contributed by atoms with Crippen LogP contribution in [0.5, 0.6) is 0 Å². The highest BCUT2D eigenvalue weighted by Crippen LogP contribution is 2.24. The Labute approximate surface area is 125 Å². The summed E-state index contributed by atoms with van der Waals surface area (Å²) in [5.41, 5.74) is 4.09. The number of unbranched alkanes of at least 4 members (excludes halogenated alkanes) is 1. The van der Waals surface area contributed by atoms with Crippen molar-refractivity contribution in [3.8, 4) is 0 Å². The molecule has 2 rings (SSSR count). The van der Waals surface area contributed by atoms with Gasteiger partial charge < -0.3 is 9.67 Å². The summed E-state index contributed by atoms with van der Waals surface area (Å²) in [6.07, 6.45) is 4.46. The minimum absolute atomic E-state index is 0.634. The van der Waals surface area contributed by atoms with Gasteiger partial charge in [-0.2, -0.15) is 0 Å².